The van der Waals surface area contributed by atoms with E-state index in [0.717, 1.165) is 5.69 Å². The van der Waals surface area contributed by atoms with E-state index in [2.05, 4.69) is 16.2 Å². The third-order valence-electron chi connectivity index (χ3n) is 2.68. The Hall–Kier alpha value is -1.29. The van der Waals surface area contributed by atoms with Crippen molar-refractivity contribution < 1.29 is 8.42 Å². The molecule has 0 spiro atoms. The van der Waals surface area contributed by atoms with Crippen molar-refractivity contribution in [2.24, 2.45) is 0 Å². The maximum absolute atomic E-state index is 12.3. The maximum Gasteiger partial charge on any atom is 0.245 e. The summed E-state index contributed by atoms with van der Waals surface area (Å²) in [6.07, 6.45) is 6.70. The predicted molar refractivity (Wildman–Crippen MR) is 76.0 cm³/mol. The maximum atomic E-state index is 12.3. The summed E-state index contributed by atoms with van der Waals surface area (Å²) in [5.41, 5.74) is 0.837. The summed E-state index contributed by atoms with van der Waals surface area (Å²) in [5, 5.41) is 3.22. The molecule has 1 rings (SSSR count). The number of terminal acetylenes is 1. The third kappa shape index (κ3) is 4.10. The van der Waals surface area contributed by atoms with Crippen molar-refractivity contribution in [3.8, 4) is 12.3 Å². The molecule has 0 atom stereocenters. The first kappa shape index (κ1) is 15.8. The largest absolute Gasteiger partial charge is 0.363 e. The second-order valence-corrected chi connectivity index (χ2v) is 6.47. The molecule has 1 aromatic heterocycles. The lowest BCUT2D eigenvalue weighted by Gasteiger charge is -2.16. The number of hydrogen-bond acceptors (Lipinski definition) is 3. The molecule has 0 bridgehead atoms. The highest BCUT2D eigenvalue weighted by Crippen LogP contribution is 2.16. The van der Waals surface area contributed by atoms with E-state index in [1.165, 1.54) is 10.5 Å². The molecule has 6 heteroatoms. The second-order valence-electron chi connectivity index (χ2n) is 4.53. The fourth-order valence-electron chi connectivity index (χ4n) is 1.60. The molecular formula is C13H21N3O2S. The molecule has 0 saturated heterocycles. The number of sulfonamides is 1. The molecule has 5 nitrogen and oxygen atoms in total. The van der Waals surface area contributed by atoms with E-state index in [4.69, 9.17) is 6.42 Å². The minimum absolute atomic E-state index is 0.0869. The zero-order valence-electron chi connectivity index (χ0n) is 11.6. The zero-order valence-corrected chi connectivity index (χ0v) is 12.4. The van der Waals surface area contributed by atoms with Gasteiger partial charge in [0.25, 0.3) is 0 Å². The van der Waals surface area contributed by atoms with E-state index in [0.29, 0.717) is 19.1 Å². The Morgan fingerprint density at radius 1 is 1.53 bits per heavy atom. The van der Waals surface area contributed by atoms with Crippen LogP contribution >= 0.6 is 0 Å². The number of nitrogens with zero attached hydrogens (tertiary/aromatic N) is 1. The Kier molecular flexibility index (Phi) is 5.60. The van der Waals surface area contributed by atoms with Crippen LogP contribution in [-0.2, 0) is 16.6 Å². The van der Waals surface area contributed by atoms with Gasteiger partial charge in [-0.25, -0.2) is 8.42 Å². The monoisotopic (exact) mass is 283 g/mol. The van der Waals surface area contributed by atoms with E-state index in [-0.39, 0.29) is 11.4 Å². The van der Waals surface area contributed by atoms with Crippen LogP contribution in [0.15, 0.2) is 17.2 Å². The SMILES string of the molecule is C#CCN(CC)S(=O)(=O)c1c[nH]c(CNC(C)C)c1. The van der Waals surface area contributed by atoms with Crippen LogP contribution in [0.4, 0.5) is 0 Å². The van der Waals surface area contributed by atoms with Gasteiger partial charge >= 0.3 is 0 Å². The summed E-state index contributed by atoms with van der Waals surface area (Å²) in [6, 6.07) is 1.99. The zero-order chi connectivity index (χ0) is 14.5. The van der Waals surface area contributed by atoms with Gasteiger partial charge in [0, 0.05) is 31.0 Å². The number of nitrogens with one attached hydrogen (secondary N) is 2. The van der Waals surface area contributed by atoms with E-state index in [1.807, 2.05) is 13.8 Å². The lowest BCUT2D eigenvalue weighted by molar-refractivity contribution is 0.464. The summed E-state index contributed by atoms with van der Waals surface area (Å²) in [5.74, 6) is 2.37. The van der Waals surface area contributed by atoms with Gasteiger partial charge in [0.1, 0.15) is 0 Å². The molecule has 0 radical (unpaired) electrons. The average molecular weight is 283 g/mol. The number of aromatic nitrogens is 1. The van der Waals surface area contributed by atoms with E-state index < -0.39 is 10.0 Å². The van der Waals surface area contributed by atoms with E-state index in [1.54, 1.807) is 13.0 Å². The molecule has 0 amide bonds. The normalized spacial score (nSPS) is 12.0. The van der Waals surface area contributed by atoms with Crippen LogP contribution in [0.3, 0.4) is 0 Å². The molecule has 19 heavy (non-hydrogen) atoms. The molecule has 2 N–H and O–H groups in total. The standard InChI is InChI=1S/C13H21N3O2S/c1-5-7-16(6-2)19(17,18)13-8-12(15-10-13)9-14-11(3)4/h1,8,10-11,14-15H,6-7,9H2,2-4H3. The first-order valence-corrected chi connectivity index (χ1v) is 7.70. The Balaban J connectivity index is 2.88. The fourth-order valence-corrected chi connectivity index (χ4v) is 2.98. The lowest BCUT2D eigenvalue weighted by Crippen LogP contribution is -2.31. The van der Waals surface area contributed by atoms with Gasteiger partial charge in [0.15, 0.2) is 0 Å². The third-order valence-corrected chi connectivity index (χ3v) is 4.57. The lowest BCUT2D eigenvalue weighted by atomic mass is 10.3. The van der Waals surface area contributed by atoms with Crippen LogP contribution in [0, 0.1) is 12.3 Å². The highest BCUT2D eigenvalue weighted by Gasteiger charge is 2.23. The minimum Gasteiger partial charge on any atom is -0.363 e. The van der Waals surface area contributed by atoms with Crippen LogP contribution in [0.1, 0.15) is 26.5 Å². The molecule has 0 aliphatic rings. The Bertz CT molecular complexity index is 540. The van der Waals surface area contributed by atoms with E-state index in [9.17, 15) is 8.42 Å². The molecule has 0 saturated carbocycles. The van der Waals surface area contributed by atoms with Gasteiger partial charge in [0.2, 0.25) is 10.0 Å². The Morgan fingerprint density at radius 2 is 2.21 bits per heavy atom. The molecule has 0 aliphatic heterocycles. The number of aromatic amines is 1. The van der Waals surface area contributed by atoms with Crippen LogP contribution in [0.2, 0.25) is 0 Å². The van der Waals surface area contributed by atoms with Gasteiger partial charge in [-0.1, -0.05) is 26.7 Å². The molecule has 1 heterocycles. The molecule has 0 aliphatic carbocycles. The highest BCUT2D eigenvalue weighted by atomic mass is 32.2. The number of H-pyrrole nitrogens is 1. The van der Waals surface area contributed by atoms with Crippen molar-refractivity contribution >= 4 is 10.0 Å². The highest BCUT2D eigenvalue weighted by molar-refractivity contribution is 7.89. The second kappa shape index (κ2) is 6.75. The number of rotatable bonds is 7. The Labute approximate surface area is 115 Å². The van der Waals surface area contributed by atoms with Gasteiger partial charge in [-0.05, 0) is 6.07 Å². The average Bonchev–Trinajstić information content (AvgIpc) is 2.82. The number of hydrogen-bond donors (Lipinski definition) is 2. The van der Waals surface area contributed by atoms with Crippen molar-refractivity contribution in [3.05, 3.63) is 18.0 Å². The summed E-state index contributed by atoms with van der Waals surface area (Å²) in [6.45, 7) is 6.89. The van der Waals surface area contributed by atoms with Crippen molar-refractivity contribution in [3.63, 3.8) is 0 Å². The first-order chi connectivity index (χ1) is 8.91. The minimum atomic E-state index is -3.50. The molecule has 0 unspecified atom stereocenters. The smallest absolute Gasteiger partial charge is 0.245 e. The van der Waals surface area contributed by atoms with Gasteiger partial charge in [-0.2, -0.15) is 4.31 Å². The van der Waals surface area contributed by atoms with Crippen LogP contribution in [0.5, 0.6) is 0 Å². The van der Waals surface area contributed by atoms with Crippen molar-refractivity contribution in [1.82, 2.24) is 14.6 Å². The fraction of sp³-hybridized carbons (Fsp3) is 0.538. The molecule has 0 aromatic carbocycles. The first-order valence-electron chi connectivity index (χ1n) is 6.26. The van der Waals surface area contributed by atoms with Gasteiger partial charge in [0.05, 0.1) is 11.4 Å². The van der Waals surface area contributed by atoms with Crippen molar-refractivity contribution in [1.29, 1.82) is 0 Å². The van der Waals surface area contributed by atoms with Crippen LogP contribution in [-0.4, -0.2) is 36.8 Å². The summed E-state index contributed by atoms with van der Waals surface area (Å²) in [4.78, 5) is 3.22. The van der Waals surface area contributed by atoms with Crippen LogP contribution in [0.25, 0.3) is 0 Å². The van der Waals surface area contributed by atoms with E-state index >= 15 is 0 Å². The molecule has 0 fully saturated rings. The van der Waals surface area contributed by atoms with Crippen LogP contribution < -0.4 is 5.32 Å². The van der Waals surface area contributed by atoms with Crippen molar-refractivity contribution in [2.75, 3.05) is 13.1 Å². The van der Waals surface area contributed by atoms with Gasteiger partial charge in [-0.15, -0.1) is 6.42 Å². The topological polar surface area (TPSA) is 65.2 Å². The summed E-state index contributed by atoms with van der Waals surface area (Å²) < 4.78 is 25.9. The summed E-state index contributed by atoms with van der Waals surface area (Å²) >= 11 is 0. The molecular weight excluding hydrogens is 262 g/mol. The van der Waals surface area contributed by atoms with Crippen molar-refractivity contribution in [2.45, 2.75) is 38.3 Å². The predicted octanol–water partition coefficient (Wildman–Crippen LogP) is 1.16. The summed E-state index contributed by atoms with van der Waals surface area (Å²) in [7, 11) is -3.50. The Morgan fingerprint density at radius 3 is 2.74 bits per heavy atom. The van der Waals surface area contributed by atoms with Gasteiger partial charge < -0.3 is 10.3 Å². The quantitative estimate of drug-likeness (QED) is 0.738. The van der Waals surface area contributed by atoms with Gasteiger partial charge in [-0.3, -0.25) is 0 Å². The molecule has 1 aromatic rings. The molecule has 106 valence electrons.